The van der Waals surface area contributed by atoms with Gasteiger partial charge in [-0.2, -0.15) is 0 Å². The van der Waals surface area contributed by atoms with E-state index in [1.807, 2.05) is 0 Å². The van der Waals surface area contributed by atoms with Crippen molar-refractivity contribution in [2.24, 2.45) is 0 Å². The van der Waals surface area contributed by atoms with E-state index >= 15 is 0 Å². The van der Waals surface area contributed by atoms with E-state index in [0.717, 1.165) is 38.5 Å². The quantitative estimate of drug-likeness (QED) is 0.0261. The Bertz CT molecular complexity index is 1060. The number of allylic oxidation sites excluding steroid dienone is 2. The Morgan fingerprint density at radius 1 is 0.493 bits per heavy atom. The monoisotopic (exact) mass is 952 g/mol. The average Bonchev–Trinajstić information content (AvgIpc) is 3.33. The van der Waals surface area contributed by atoms with E-state index in [-0.39, 0.29) is 12.5 Å². The van der Waals surface area contributed by atoms with Crippen LogP contribution in [0.15, 0.2) is 12.2 Å². The molecule has 0 aromatic heterocycles. The van der Waals surface area contributed by atoms with Gasteiger partial charge in [0.1, 0.15) is 24.4 Å². The van der Waals surface area contributed by atoms with Crippen LogP contribution in [0.3, 0.4) is 0 Å². The fourth-order valence-corrected chi connectivity index (χ4v) is 9.69. The minimum Gasteiger partial charge on any atom is -0.394 e. The molecule has 0 aromatic rings. The minimum absolute atomic E-state index is 0.134. The van der Waals surface area contributed by atoms with Crippen molar-refractivity contribution in [3.05, 3.63) is 12.2 Å². The molecular formula is C58H113NO8. The van der Waals surface area contributed by atoms with Crippen molar-refractivity contribution in [1.82, 2.24) is 5.32 Å². The van der Waals surface area contributed by atoms with Crippen molar-refractivity contribution < 1.29 is 39.8 Å². The first-order valence-electron chi connectivity index (χ1n) is 29.4. The van der Waals surface area contributed by atoms with Crippen LogP contribution in [0.4, 0.5) is 0 Å². The first-order valence-corrected chi connectivity index (χ1v) is 29.4. The second-order valence-electron chi connectivity index (χ2n) is 20.8. The summed E-state index contributed by atoms with van der Waals surface area (Å²) < 4.78 is 11.2. The summed E-state index contributed by atoms with van der Waals surface area (Å²) in [6.45, 7) is 3.81. The molecule has 0 aliphatic carbocycles. The fourth-order valence-electron chi connectivity index (χ4n) is 9.69. The highest BCUT2D eigenvalue weighted by Crippen LogP contribution is 2.23. The number of rotatable bonds is 51. The smallest absolute Gasteiger partial charge is 0.220 e. The number of aliphatic hydroxyl groups excluding tert-OH is 5. The number of aliphatic hydroxyl groups is 5. The standard InChI is InChI=1S/C58H113NO8/c1-3-5-7-9-11-12-13-14-15-16-17-18-19-20-21-22-23-24-25-26-27-28-29-30-31-32-33-34-35-36-37-38-39-40-42-44-46-48-54(62)59-51(52(61)47-45-43-41-10-8-6-4-2)50-66-58-57(65)56(64)55(63)53(49-60)67-58/h16-17,51-53,55-58,60-61,63-65H,3-15,18-50H2,1-2H3,(H,59,62)/b17-16-. The molecule has 0 radical (unpaired) electrons. The molecule has 67 heavy (non-hydrogen) atoms. The summed E-state index contributed by atoms with van der Waals surface area (Å²) >= 11 is 0. The number of amides is 1. The van der Waals surface area contributed by atoms with Crippen molar-refractivity contribution in [2.75, 3.05) is 13.2 Å². The maximum Gasteiger partial charge on any atom is 0.220 e. The first-order chi connectivity index (χ1) is 32.8. The number of hydrogen-bond acceptors (Lipinski definition) is 8. The summed E-state index contributed by atoms with van der Waals surface area (Å²) in [6, 6.07) is -0.711. The normalized spacial score (nSPS) is 19.7. The molecule has 1 saturated heterocycles. The van der Waals surface area contributed by atoms with Crippen LogP contribution in [-0.2, 0) is 14.3 Å². The summed E-state index contributed by atoms with van der Waals surface area (Å²) in [7, 11) is 0. The van der Waals surface area contributed by atoms with Gasteiger partial charge in [0.25, 0.3) is 0 Å². The molecule has 7 unspecified atom stereocenters. The topological polar surface area (TPSA) is 149 Å². The predicted molar refractivity (Wildman–Crippen MR) is 281 cm³/mol. The van der Waals surface area contributed by atoms with Gasteiger partial charge in [-0.25, -0.2) is 0 Å². The molecule has 9 nitrogen and oxygen atoms in total. The van der Waals surface area contributed by atoms with Crippen molar-refractivity contribution in [3.8, 4) is 0 Å². The highest BCUT2D eigenvalue weighted by atomic mass is 16.7. The minimum atomic E-state index is -1.55. The highest BCUT2D eigenvalue weighted by Gasteiger charge is 2.44. The summed E-state index contributed by atoms with van der Waals surface area (Å²) in [4.78, 5) is 13.0. The number of ether oxygens (including phenoxy) is 2. The Morgan fingerprint density at radius 3 is 1.21 bits per heavy atom. The maximum atomic E-state index is 13.0. The molecular weight excluding hydrogens is 839 g/mol. The van der Waals surface area contributed by atoms with Gasteiger partial charge in [-0.05, 0) is 38.5 Å². The zero-order valence-electron chi connectivity index (χ0n) is 44.2. The zero-order chi connectivity index (χ0) is 48.7. The third-order valence-corrected chi connectivity index (χ3v) is 14.4. The van der Waals surface area contributed by atoms with Crippen LogP contribution in [0.5, 0.6) is 0 Å². The number of hydrogen-bond donors (Lipinski definition) is 6. The molecule has 1 amide bonds. The summed E-state index contributed by atoms with van der Waals surface area (Å²) in [5.74, 6) is -0.143. The van der Waals surface area contributed by atoms with Gasteiger partial charge in [0.05, 0.1) is 25.4 Å². The average molecular weight is 953 g/mol. The third kappa shape index (κ3) is 38.3. The lowest BCUT2D eigenvalue weighted by atomic mass is 9.99. The van der Waals surface area contributed by atoms with E-state index in [1.54, 1.807) is 0 Å². The Hall–Kier alpha value is -1.07. The van der Waals surface area contributed by atoms with Crippen molar-refractivity contribution >= 4 is 5.91 Å². The van der Waals surface area contributed by atoms with Gasteiger partial charge in [0.15, 0.2) is 6.29 Å². The van der Waals surface area contributed by atoms with Crippen LogP contribution in [0, 0.1) is 0 Å². The van der Waals surface area contributed by atoms with Gasteiger partial charge in [-0.15, -0.1) is 0 Å². The SMILES string of the molecule is CCCCCCCCCC/C=C\CCCCCCCCCCCCCCCCCCCCCCCCCCCC(=O)NC(COC1OC(CO)C(O)C(O)C1O)C(O)CCCCCCCCC. The molecule has 9 heteroatoms. The van der Waals surface area contributed by atoms with Crippen molar-refractivity contribution in [3.63, 3.8) is 0 Å². The Labute approximate surface area is 414 Å². The van der Waals surface area contributed by atoms with E-state index < -0.39 is 49.5 Å². The van der Waals surface area contributed by atoms with Gasteiger partial charge in [-0.1, -0.05) is 264 Å². The van der Waals surface area contributed by atoms with Crippen LogP contribution in [0.25, 0.3) is 0 Å². The van der Waals surface area contributed by atoms with Crippen molar-refractivity contribution in [2.45, 2.75) is 339 Å². The van der Waals surface area contributed by atoms with Gasteiger partial charge >= 0.3 is 0 Å². The van der Waals surface area contributed by atoms with E-state index in [4.69, 9.17) is 9.47 Å². The fraction of sp³-hybridized carbons (Fsp3) is 0.948. The lowest BCUT2D eigenvalue weighted by molar-refractivity contribution is -0.302. The van der Waals surface area contributed by atoms with E-state index in [0.29, 0.717) is 12.8 Å². The molecule has 1 heterocycles. The lowest BCUT2D eigenvalue weighted by Crippen LogP contribution is -2.60. The molecule has 1 rings (SSSR count). The Morgan fingerprint density at radius 2 is 0.836 bits per heavy atom. The molecule has 398 valence electrons. The molecule has 6 N–H and O–H groups in total. The Kier molecular flexibility index (Phi) is 46.3. The number of unbranched alkanes of at least 4 members (excludes halogenated alkanes) is 39. The molecule has 1 aliphatic rings. The van der Waals surface area contributed by atoms with E-state index in [9.17, 15) is 30.3 Å². The number of carbonyl (C=O) groups excluding carboxylic acids is 1. The van der Waals surface area contributed by atoms with E-state index in [2.05, 4.69) is 31.3 Å². The van der Waals surface area contributed by atoms with Crippen LogP contribution < -0.4 is 5.32 Å². The molecule has 0 saturated carbocycles. The molecule has 1 fully saturated rings. The van der Waals surface area contributed by atoms with Crippen LogP contribution in [0.1, 0.15) is 296 Å². The highest BCUT2D eigenvalue weighted by molar-refractivity contribution is 5.76. The molecule has 0 spiro atoms. The second kappa shape index (κ2) is 48.6. The summed E-state index contributed by atoms with van der Waals surface area (Å²) in [5.41, 5.74) is 0. The zero-order valence-corrected chi connectivity index (χ0v) is 44.2. The van der Waals surface area contributed by atoms with Crippen LogP contribution in [0.2, 0.25) is 0 Å². The largest absolute Gasteiger partial charge is 0.394 e. The lowest BCUT2D eigenvalue weighted by Gasteiger charge is -2.40. The third-order valence-electron chi connectivity index (χ3n) is 14.4. The molecule has 0 bridgehead atoms. The molecule has 1 aliphatic heterocycles. The van der Waals surface area contributed by atoms with Crippen molar-refractivity contribution in [1.29, 1.82) is 0 Å². The second-order valence-corrected chi connectivity index (χ2v) is 20.8. The maximum absolute atomic E-state index is 13.0. The van der Waals surface area contributed by atoms with E-state index in [1.165, 1.54) is 231 Å². The summed E-state index contributed by atoms with van der Waals surface area (Å²) in [5, 5.41) is 54.2. The van der Waals surface area contributed by atoms with Gasteiger partial charge < -0.3 is 40.3 Å². The van der Waals surface area contributed by atoms with Crippen LogP contribution in [-0.4, -0.2) is 87.5 Å². The predicted octanol–water partition coefficient (Wildman–Crippen LogP) is 14.4. The first kappa shape index (κ1) is 63.9. The molecule has 7 atom stereocenters. The number of carbonyl (C=O) groups is 1. The van der Waals surface area contributed by atoms with Gasteiger partial charge in [0, 0.05) is 6.42 Å². The molecule has 0 aromatic carbocycles. The van der Waals surface area contributed by atoms with Gasteiger partial charge in [0.2, 0.25) is 5.91 Å². The number of nitrogens with one attached hydrogen (secondary N) is 1. The van der Waals surface area contributed by atoms with Crippen LogP contribution >= 0.6 is 0 Å². The Balaban J connectivity index is 1.96. The van der Waals surface area contributed by atoms with Gasteiger partial charge in [-0.3, -0.25) is 4.79 Å². The summed E-state index contributed by atoms with van der Waals surface area (Å²) in [6.07, 6.45) is 53.1.